The first kappa shape index (κ1) is 12.1. The fourth-order valence-corrected chi connectivity index (χ4v) is 1.57. The van der Waals surface area contributed by atoms with E-state index >= 15 is 0 Å². The van der Waals surface area contributed by atoms with Crippen molar-refractivity contribution in [1.82, 2.24) is 0 Å². The monoisotopic (exact) mass is 232 g/mol. The molecule has 17 heavy (non-hydrogen) atoms. The molecule has 1 aromatic carbocycles. The summed E-state index contributed by atoms with van der Waals surface area (Å²) in [5.41, 5.74) is 0.757. The highest BCUT2D eigenvalue weighted by atomic mass is 16.7. The lowest BCUT2D eigenvalue weighted by atomic mass is 10.1. The Labute approximate surface area is 101 Å². The molecule has 3 heteroatoms. The summed E-state index contributed by atoms with van der Waals surface area (Å²) in [6, 6.07) is 7.67. The van der Waals surface area contributed by atoms with Crippen molar-refractivity contribution in [3.8, 4) is 11.8 Å². The number of benzene rings is 1. The Balaban J connectivity index is 2.29. The van der Waals surface area contributed by atoms with E-state index in [-0.39, 0.29) is 6.29 Å². The molecule has 1 N–H and O–H groups in total. The Kier molecular flexibility index (Phi) is 3.49. The third kappa shape index (κ3) is 3.31. The van der Waals surface area contributed by atoms with Crippen molar-refractivity contribution in [1.29, 1.82) is 0 Å². The first-order chi connectivity index (χ1) is 8.06. The number of hydrogen-bond donors (Lipinski definition) is 1. The van der Waals surface area contributed by atoms with Gasteiger partial charge in [0.15, 0.2) is 6.29 Å². The zero-order chi connectivity index (χ0) is 12.3. The molecule has 90 valence electrons. The van der Waals surface area contributed by atoms with Gasteiger partial charge >= 0.3 is 0 Å². The predicted octanol–water partition coefficient (Wildman–Crippen LogP) is 1.85. The van der Waals surface area contributed by atoms with Crippen molar-refractivity contribution >= 4 is 0 Å². The highest BCUT2D eigenvalue weighted by Gasteiger charge is 2.20. The van der Waals surface area contributed by atoms with E-state index < -0.39 is 5.60 Å². The minimum absolute atomic E-state index is 0.331. The second kappa shape index (κ2) is 4.89. The average molecular weight is 232 g/mol. The molecule has 1 fully saturated rings. The Bertz CT molecular complexity index is 443. The summed E-state index contributed by atoms with van der Waals surface area (Å²) >= 11 is 0. The van der Waals surface area contributed by atoms with Crippen LogP contribution in [0.25, 0.3) is 0 Å². The molecule has 1 aliphatic rings. The number of aliphatic hydroxyl groups is 1. The van der Waals surface area contributed by atoms with Gasteiger partial charge in [-0.15, -0.1) is 0 Å². The second-order valence-corrected chi connectivity index (χ2v) is 4.47. The van der Waals surface area contributed by atoms with Gasteiger partial charge in [-0.05, 0) is 19.9 Å². The molecular weight excluding hydrogens is 216 g/mol. The topological polar surface area (TPSA) is 38.7 Å². The van der Waals surface area contributed by atoms with E-state index in [2.05, 4.69) is 11.8 Å². The lowest BCUT2D eigenvalue weighted by Gasteiger charge is -2.12. The fraction of sp³-hybridized carbons (Fsp3) is 0.429. The molecule has 1 saturated heterocycles. The summed E-state index contributed by atoms with van der Waals surface area (Å²) in [5, 5.41) is 9.60. The van der Waals surface area contributed by atoms with E-state index in [4.69, 9.17) is 9.47 Å². The Hall–Kier alpha value is -1.34. The van der Waals surface area contributed by atoms with Crippen molar-refractivity contribution in [2.75, 3.05) is 13.2 Å². The van der Waals surface area contributed by atoms with E-state index in [0.29, 0.717) is 13.2 Å². The number of rotatable bonds is 1. The Morgan fingerprint density at radius 2 is 1.88 bits per heavy atom. The standard InChI is InChI=1S/C14H16O3/c1-14(2,15)8-7-11-5-3-4-6-12(11)13-16-9-10-17-13/h3-6,13,15H,9-10H2,1-2H3. The third-order valence-electron chi connectivity index (χ3n) is 2.34. The minimum Gasteiger partial charge on any atom is -0.378 e. The molecule has 0 radical (unpaired) electrons. The van der Waals surface area contributed by atoms with Crippen LogP contribution < -0.4 is 0 Å². The van der Waals surface area contributed by atoms with Crippen LogP contribution in [0.1, 0.15) is 31.3 Å². The lowest BCUT2D eigenvalue weighted by Crippen LogP contribution is -2.14. The maximum absolute atomic E-state index is 9.60. The van der Waals surface area contributed by atoms with Crippen molar-refractivity contribution < 1.29 is 14.6 Å². The molecule has 2 rings (SSSR count). The van der Waals surface area contributed by atoms with Gasteiger partial charge in [0.25, 0.3) is 0 Å². The number of hydrogen-bond acceptors (Lipinski definition) is 3. The van der Waals surface area contributed by atoms with Gasteiger partial charge in [-0.3, -0.25) is 0 Å². The normalized spacial score (nSPS) is 16.6. The summed E-state index contributed by atoms with van der Waals surface area (Å²) < 4.78 is 10.9. The summed E-state index contributed by atoms with van der Waals surface area (Å²) in [4.78, 5) is 0. The van der Waals surface area contributed by atoms with Crippen molar-refractivity contribution in [2.45, 2.75) is 25.7 Å². The van der Waals surface area contributed by atoms with Gasteiger partial charge < -0.3 is 14.6 Å². The SMILES string of the molecule is CC(C)(O)C#Cc1ccccc1C1OCCO1. The van der Waals surface area contributed by atoms with Gasteiger partial charge in [-0.2, -0.15) is 0 Å². The van der Waals surface area contributed by atoms with Crippen LogP contribution in [0.3, 0.4) is 0 Å². The molecule has 1 aromatic rings. The van der Waals surface area contributed by atoms with E-state index in [1.165, 1.54) is 0 Å². The van der Waals surface area contributed by atoms with Crippen LogP contribution in [0.15, 0.2) is 24.3 Å². The molecule has 0 saturated carbocycles. The third-order valence-corrected chi connectivity index (χ3v) is 2.34. The summed E-state index contributed by atoms with van der Waals surface area (Å²) in [7, 11) is 0. The Morgan fingerprint density at radius 1 is 1.24 bits per heavy atom. The molecule has 0 spiro atoms. The zero-order valence-corrected chi connectivity index (χ0v) is 10.1. The van der Waals surface area contributed by atoms with Gasteiger partial charge in [-0.25, -0.2) is 0 Å². The van der Waals surface area contributed by atoms with Crippen molar-refractivity contribution in [3.05, 3.63) is 35.4 Å². The first-order valence-corrected chi connectivity index (χ1v) is 5.64. The van der Waals surface area contributed by atoms with Gasteiger partial charge in [-0.1, -0.05) is 30.0 Å². The maximum Gasteiger partial charge on any atom is 0.185 e. The summed E-state index contributed by atoms with van der Waals surface area (Å²) in [6.07, 6.45) is -0.331. The average Bonchev–Trinajstić information content (AvgIpc) is 2.79. The zero-order valence-electron chi connectivity index (χ0n) is 10.1. The smallest absolute Gasteiger partial charge is 0.185 e. The van der Waals surface area contributed by atoms with Crippen LogP contribution in [0, 0.1) is 11.8 Å². The summed E-state index contributed by atoms with van der Waals surface area (Å²) in [6.45, 7) is 4.53. The molecule has 0 amide bonds. The first-order valence-electron chi connectivity index (χ1n) is 5.64. The van der Waals surface area contributed by atoms with Crippen molar-refractivity contribution in [2.24, 2.45) is 0 Å². The van der Waals surface area contributed by atoms with Gasteiger partial charge in [0.2, 0.25) is 0 Å². The molecule has 0 unspecified atom stereocenters. The van der Waals surface area contributed by atoms with Crippen LogP contribution in [-0.2, 0) is 9.47 Å². The second-order valence-electron chi connectivity index (χ2n) is 4.47. The van der Waals surface area contributed by atoms with Gasteiger partial charge in [0, 0.05) is 11.1 Å². The molecular formula is C14H16O3. The van der Waals surface area contributed by atoms with E-state index in [9.17, 15) is 5.11 Å². The number of ether oxygens (including phenoxy) is 2. The highest BCUT2D eigenvalue weighted by Crippen LogP contribution is 2.25. The van der Waals surface area contributed by atoms with Crippen LogP contribution in [0.2, 0.25) is 0 Å². The van der Waals surface area contributed by atoms with Crippen molar-refractivity contribution in [3.63, 3.8) is 0 Å². The van der Waals surface area contributed by atoms with E-state index in [1.807, 2.05) is 24.3 Å². The van der Waals surface area contributed by atoms with Gasteiger partial charge in [0.05, 0.1) is 13.2 Å². The molecule has 0 aromatic heterocycles. The molecule has 3 nitrogen and oxygen atoms in total. The molecule has 0 aliphatic carbocycles. The molecule has 0 bridgehead atoms. The highest BCUT2D eigenvalue weighted by molar-refractivity contribution is 5.43. The van der Waals surface area contributed by atoms with Crippen LogP contribution >= 0.6 is 0 Å². The fourth-order valence-electron chi connectivity index (χ4n) is 1.57. The van der Waals surface area contributed by atoms with E-state index in [1.54, 1.807) is 13.8 Å². The minimum atomic E-state index is -0.996. The lowest BCUT2D eigenvalue weighted by molar-refractivity contribution is -0.0442. The molecule has 1 heterocycles. The summed E-state index contributed by atoms with van der Waals surface area (Å²) in [5.74, 6) is 5.77. The molecule has 1 aliphatic heterocycles. The quantitative estimate of drug-likeness (QED) is 0.751. The molecule has 0 atom stereocenters. The van der Waals surface area contributed by atoms with E-state index in [0.717, 1.165) is 11.1 Å². The Morgan fingerprint density at radius 3 is 2.53 bits per heavy atom. The van der Waals surface area contributed by atoms with Crippen LogP contribution in [0.4, 0.5) is 0 Å². The largest absolute Gasteiger partial charge is 0.378 e. The van der Waals surface area contributed by atoms with Gasteiger partial charge in [0.1, 0.15) is 5.60 Å². The maximum atomic E-state index is 9.60. The predicted molar refractivity (Wildman–Crippen MR) is 64.3 cm³/mol. The van der Waals surface area contributed by atoms with Crippen LogP contribution in [-0.4, -0.2) is 23.9 Å². The van der Waals surface area contributed by atoms with Crippen LogP contribution in [0.5, 0.6) is 0 Å².